The molecule has 3 N–H and O–H groups in total. The van der Waals surface area contributed by atoms with E-state index in [-0.39, 0.29) is 16.4 Å². The van der Waals surface area contributed by atoms with E-state index in [4.69, 9.17) is 17.0 Å². The minimum absolute atomic E-state index is 0.0619. The molecule has 9 nitrogen and oxygen atoms in total. The fourth-order valence-electron chi connectivity index (χ4n) is 2.10. The molecule has 10 heteroatoms. The number of hydrazine groups is 1. The number of benzene rings is 2. The van der Waals surface area contributed by atoms with Crippen molar-refractivity contribution in [3.8, 4) is 5.75 Å². The van der Waals surface area contributed by atoms with Crippen molar-refractivity contribution in [2.24, 2.45) is 0 Å². The van der Waals surface area contributed by atoms with Crippen LogP contribution < -0.4 is 20.9 Å². The molecule has 0 aliphatic rings. The standard InChI is InChI=1S/C18H16N4O5S/c1-27-15-8-3-2-5-12(15)9-10-16(23)19-18(28)21-20-17(24)13-6-4-7-14(11-13)22(25)26/h2-11H,1H3,(H,20,24)(H2,19,21,23,28)/b10-9+. The highest BCUT2D eigenvalue weighted by Crippen LogP contribution is 2.18. The van der Waals surface area contributed by atoms with Gasteiger partial charge in [0.2, 0.25) is 5.91 Å². The maximum absolute atomic E-state index is 12.0. The third kappa shape index (κ3) is 5.88. The van der Waals surface area contributed by atoms with Gasteiger partial charge in [-0.25, -0.2) is 0 Å². The Kier molecular flexibility index (Phi) is 7.17. The summed E-state index contributed by atoms with van der Waals surface area (Å²) in [6, 6.07) is 12.3. The van der Waals surface area contributed by atoms with Crippen LogP contribution in [0.3, 0.4) is 0 Å². The molecule has 2 aromatic carbocycles. The molecule has 0 aliphatic heterocycles. The van der Waals surface area contributed by atoms with Gasteiger partial charge in [0.25, 0.3) is 11.6 Å². The fraction of sp³-hybridized carbons (Fsp3) is 0.0556. The first kappa shape index (κ1) is 20.5. The molecule has 2 amide bonds. The molecule has 0 heterocycles. The lowest BCUT2D eigenvalue weighted by molar-refractivity contribution is -0.384. The van der Waals surface area contributed by atoms with E-state index in [2.05, 4.69) is 16.2 Å². The molecular formula is C18H16N4O5S. The number of hydrogen-bond donors (Lipinski definition) is 3. The van der Waals surface area contributed by atoms with Crippen LogP contribution in [0.2, 0.25) is 0 Å². The van der Waals surface area contributed by atoms with Crippen LogP contribution in [0.15, 0.2) is 54.6 Å². The van der Waals surface area contributed by atoms with Gasteiger partial charge in [-0.3, -0.25) is 35.9 Å². The van der Waals surface area contributed by atoms with Gasteiger partial charge in [0.1, 0.15) is 5.75 Å². The van der Waals surface area contributed by atoms with Crippen molar-refractivity contribution in [1.82, 2.24) is 16.2 Å². The average Bonchev–Trinajstić information content (AvgIpc) is 2.70. The third-order valence-corrected chi connectivity index (χ3v) is 3.60. The maximum atomic E-state index is 12.0. The summed E-state index contributed by atoms with van der Waals surface area (Å²) in [7, 11) is 1.52. The van der Waals surface area contributed by atoms with Gasteiger partial charge in [-0.05, 0) is 30.4 Å². The number of nitrogens with zero attached hydrogens (tertiary/aromatic N) is 1. The number of thiocarbonyl (C=S) groups is 1. The smallest absolute Gasteiger partial charge is 0.270 e. The SMILES string of the molecule is COc1ccccc1/C=C/C(=O)NC(=S)NNC(=O)c1cccc([N+](=O)[O-])c1. The summed E-state index contributed by atoms with van der Waals surface area (Å²) in [6.07, 6.45) is 2.81. The molecule has 2 aromatic rings. The van der Waals surface area contributed by atoms with E-state index in [1.54, 1.807) is 30.3 Å². The van der Waals surface area contributed by atoms with Gasteiger partial charge in [-0.1, -0.05) is 24.3 Å². The van der Waals surface area contributed by atoms with Crippen LogP contribution in [-0.2, 0) is 4.79 Å². The molecule has 0 saturated carbocycles. The van der Waals surface area contributed by atoms with Crippen LogP contribution >= 0.6 is 12.2 Å². The number of carbonyl (C=O) groups excluding carboxylic acids is 2. The van der Waals surface area contributed by atoms with E-state index in [0.717, 1.165) is 6.07 Å². The molecule has 0 atom stereocenters. The van der Waals surface area contributed by atoms with Gasteiger partial charge in [-0.2, -0.15) is 0 Å². The molecule has 144 valence electrons. The second-order valence-electron chi connectivity index (χ2n) is 5.28. The van der Waals surface area contributed by atoms with Crippen LogP contribution in [0.1, 0.15) is 15.9 Å². The highest BCUT2D eigenvalue weighted by molar-refractivity contribution is 7.80. The predicted molar refractivity (Wildman–Crippen MR) is 106 cm³/mol. The number of amides is 2. The fourth-order valence-corrected chi connectivity index (χ4v) is 2.25. The second kappa shape index (κ2) is 9.78. The van der Waals surface area contributed by atoms with Crippen LogP contribution in [0, 0.1) is 10.1 Å². The number of para-hydroxylation sites is 1. The summed E-state index contributed by atoms with van der Waals surface area (Å²) in [5.41, 5.74) is 5.15. The lowest BCUT2D eigenvalue weighted by Gasteiger charge is -2.09. The monoisotopic (exact) mass is 400 g/mol. The van der Waals surface area contributed by atoms with Gasteiger partial charge in [0, 0.05) is 29.3 Å². The molecule has 0 radical (unpaired) electrons. The second-order valence-corrected chi connectivity index (χ2v) is 5.69. The lowest BCUT2D eigenvalue weighted by Crippen LogP contribution is -2.48. The van der Waals surface area contributed by atoms with E-state index in [9.17, 15) is 19.7 Å². The van der Waals surface area contributed by atoms with E-state index in [0.29, 0.717) is 11.3 Å². The van der Waals surface area contributed by atoms with Crippen LogP contribution in [0.5, 0.6) is 5.75 Å². The first-order chi connectivity index (χ1) is 13.4. The van der Waals surface area contributed by atoms with Gasteiger partial charge in [0.05, 0.1) is 12.0 Å². The number of nitro benzene ring substituents is 1. The summed E-state index contributed by atoms with van der Waals surface area (Å²) in [6.45, 7) is 0. The van der Waals surface area contributed by atoms with E-state index in [1.807, 2.05) is 0 Å². The number of hydrogen-bond acceptors (Lipinski definition) is 6. The minimum Gasteiger partial charge on any atom is -0.496 e. The average molecular weight is 400 g/mol. The van der Waals surface area contributed by atoms with Gasteiger partial charge < -0.3 is 4.74 Å². The van der Waals surface area contributed by atoms with Crippen LogP contribution in [0.4, 0.5) is 5.69 Å². The Balaban J connectivity index is 1.87. The Labute approximate surface area is 165 Å². The van der Waals surface area contributed by atoms with Crippen molar-refractivity contribution in [2.45, 2.75) is 0 Å². The third-order valence-electron chi connectivity index (χ3n) is 3.40. The first-order valence-corrected chi connectivity index (χ1v) is 8.28. The van der Waals surface area contributed by atoms with Crippen molar-refractivity contribution in [3.63, 3.8) is 0 Å². The maximum Gasteiger partial charge on any atom is 0.270 e. The summed E-state index contributed by atoms with van der Waals surface area (Å²) in [5.74, 6) is -0.561. The number of nitrogens with one attached hydrogen (secondary N) is 3. The van der Waals surface area contributed by atoms with Crippen molar-refractivity contribution < 1.29 is 19.2 Å². The Morgan fingerprint density at radius 1 is 1.14 bits per heavy atom. The molecule has 0 aliphatic carbocycles. The van der Waals surface area contributed by atoms with Crippen molar-refractivity contribution in [1.29, 1.82) is 0 Å². The Bertz CT molecular complexity index is 945. The predicted octanol–water partition coefficient (Wildman–Crippen LogP) is 1.95. The summed E-state index contributed by atoms with van der Waals surface area (Å²) in [4.78, 5) is 34.0. The Morgan fingerprint density at radius 3 is 2.61 bits per heavy atom. The van der Waals surface area contributed by atoms with E-state index in [1.165, 1.54) is 31.4 Å². The number of non-ortho nitro benzene ring substituents is 1. The van der Waals surface area contributed by atoms with Crippen molar-refractivity contribution in [2.75, 3.05) is 7.11 Å². The van der Waals surface area contributed by atoms with Crippen molar-refractivity contribution in [3.05, 3.63) is 75.8 Å². The minimum atomic E-state index is -0.648. The zero-order chi connectivity index (χ0) is 20.5. The summed E-state index contributed by atoms with van der Waals surface area (Å²) in [5, 5.41) is 13.0. The van der Waals surface area contributed by atoms with Gasteiger partial charge in [0.15, 0.2) is 5.11 Å². The largest absolute Gasteiger partial charge is 0.496 e. The molecule has 0 aromatic heterocycles. The first-order valence-electron chi connectivity index (χ1n) is 7.87. The van der Waals surface area contributed by atoms with Crippen LogP contribution in [0.25, 0.3) is 6.08 Å². The molecule has 0 spiro atoms. The topological polar surface area (TPSA) is 123 Å². The molecule has 0 unspecified atom stereocenters. The van der Waals surface area contributed by atoms with Gasteiger partial charge >= 0.3 is 0 Å². The number of nitro groups is 1. The highest BCUT2D eigenvalue weighted by atomic mass is 32.1. The quantitative estimate of drug-likeness (QED) is 0.303. The normalized spacial score (nSPS) is 10.2. The number of carbonyl (C=O) groups is 2. The summed E-state index contributed by atoms with van der Waals surface area (Å²) >= 11 is 4.92. The number of ether oxygens (including phenoxy) is 1. The van der Waals surface area contributed by atoms with E-state index < -0.39 is 16.7 Å². The zero-order valence-electron chi connectivity index (χ0n) is 14.7. The van der Waals surface area contributed by atoms with Crippen LogP contribution in [-0.4, -0.2) is 29.0 Å². The number of methoxy groups -OCH3 is 1. The molecule has 0 bridgehead atoms. The molecule has 0 saturated heterocycles. The highest BCUT2D eigenvalue weighted by Gasteiger charge is 2.11. The Morgan fingerprint density at radius 2 is 1.89 bits per heavy atom. The van der Waals surface area contributed by atoms with Crippen molar-refractivity contribution >= 4 is 40.9 Å². The van der Waals surface area contributed by atoms with Gasteiger partial charge in [-0.15, -0.1) is 0 Å². The number of rotatable bonds is 5. The molecule has 28 heavy (non-hydrogen) atoms. The molecular weight excluding hydrogens is 384 g/mol. The molecule has 2 rings (SSSR count). The molecule has 0 fully saturated rings. The van der Waals surface area contributed by atoms with E-state index >= 15 is 0 Å². The lowest BCUT2D eigenvalue weighted by atomic mass is 10.2. The Hall–Kier alpha value is -3.79. The zero-order valence-corrected chi connectivity index (χ0v) is 15.5. The summed E-state index contributed by atoms with van der Waals surface area (Å²) < 4.78 is 5.18.